The van der Waals surface area contributed by atoms with Gasteiger partial charge in [0, 0.05) is 5.56 Å². The molecule has 19 heavy (non-hydrogen) atoms. The lowest BCUT2D eigenvalue weighted by Crippen LogP contribution is -2.19. The van der Waals surface area contributed by atoms with Crippen LogP contribution in [-0.4, -0.2) is 7.05 Å². The molecule has 0 bridgehead atoms. The van der Waals surface area contributed by atoms with Crippen molar-refractivity contribution in [3.63, 3.8) is 0 Å². The van der Waals surface area contributed by atoms with Gasteiger partial charge >= 0.3 is 0 Å². The van der Waals surface area contributed by atoms with Gasteiger partial charge in [0.15, 0.2) is 0 Å². The van der Waals surface area contributed by atoms with E-state index in [1.165, 1.54) is 27.8 Å². The maximum atomic E-state index is 5.67. The van der Waals surface area contributed by atoms with E-state index in [1.54, 1.807) is 0 Å². The summed E-state index contributed by atoms with van der Waals surface area (Å²) < 4.78 is 5.67. The summed E-state index contributed by atoms with van der Waals surface area (Å²) >= 11 is 0. The van der Waals surface area contributed by atoms with Crippen LogP contribution in [-0.2, 0) is 0 Å². The summed E-state index contributed by atoms with van der Waals surface area (Å²) in [7, 11) is 2.00. The fourth-order valence-corrected chi connectivity index (χ4v) is 2.71. The molecule has 0 fully saturated rings. The molecule has 1 unspecified atom stereocenters. The van der Waals surface area contributed by atoms with Crippen LogP contribution in [0.2, 0.25) is 0 Å². The second-order valence-electron chi connectivity index (χ2n) is 5.38. The Labute approximate surface area is 115 Å². The van der Waals surface area contributed by atoms with E-state index in [4.69, 9.17) is 4.42 Å². The van der Waals surface area contributed by atoms with E-state index < -0.39 is 0 Å². The van der Waals surface area contributed by atoms with Gasteiger partial charge in [0.1, 0.15) is 11.5 Å². The fourth-order valence-electron chi connectivity index (χ4n) is 2.71. The predicted octanol–water partition coefficient (Wildman–Crippen LogP) is 4.13. The first kappa shape index (κ1) is 13.9. The summed E-state index contributed by atoms with van der Waals surface area (Å²) in [6.45, 7) is 10.5. The summed E-state index contributed by atoms with van der Waals surface area (Å²) in [6, 6.07) is 6.87. The Bertz CT molecular complexity index is 596. The van der Waals surface area contributed by atoms with Crippen molar-refractivity contribution < 1.29 is 4.42 Å². The summed E-state index contributed by atoms with van der Waals surface area (Å²) in [5.74, 6) is 1.96. The van der Waals surface area contributed by atoms with Crippen molar-refractivity contribution >= 4 is 0 Å². The predicted molar refractivity (Wildman–Crippen MR) is 79.7 cm³/mol. The molecule has 1 atom stereocenters. The Morgan fingerprint density at radius 2 is 1.47 bits per heavy atom. The Morgan fingerprint density at radius 3 is 2.00 bits per heavy atom. The lowest BCUT2D eigenvalue weighted by atomic mass is 9.92. The first-order valence-corrected chi connectivity index (χ1v) is 6.76. The molecule has 0 saturated heterocycles. The summed E-state index contributed by atoms with van der Waals surface area (Å²) in [5, 5.41) is 3.42. The van der Waals surface area contributed by atoms with Crippen LogP contribution in [0.15, 0.2) is 22.6 Å². The van der Waals surface area contributed by atoms with Gasteiger partial charge in [-0.05, 0) is 70.0 Å². The molecular formula is C17H23NO. The normalized spacial score (nSPS) is 12.7. The van der Waals surface area contributed by atoms with E-state index in [0.717, 1.165) is 11.5 Å². The number of benzene rings is 1. The number of furan rings is 1. The molecular weight excluding hydrogens is 234 g/mol. The smallest absolute Gasteiger partial charge is 0.106 e. The summed E-state index contributed by atoms with van der Waals surface area (Å²) in [4.78, 5) is 0. The zero-order valence-electron chi connectivity index (χ0n) is 12.7. The van der Waals surface area contributed by atoms with Gasteiger partial charge in [0.25, 0.3) is 0 Å². The summed E-state index contributed by atoms with van der Waals surface area (Å²) in [5.41, 5.74) is 6.55. The average molecular weight is 257 g/mol. The van der Waals surface area contributed by atoms with E-state index in [1.807, 2.05) is 20.9 Å². The van der Waals surface area contributed by atoms with Gasteiger partial charge < -0.3 is 9.73 Å². The van der Waals surface area contributed by atoms with Gasteiger partial charge in [-0.1, -0.05) is 12.1 Å². The Kier molecular flexibility index (Phi) is 3.81. The molecule has 0 saturated carbocycles. The molecule has 2 nitrogen and oxygen atoms in total. The highest BCUT2D eigenvalue weighted by Crippen LogP contribution is 2.30. The molecule has 2 heteroatoms. The maximum absolute atomic E-state index is 5.67. The molecule has 1 aromatic heterocycles. The Balaban J connectivity index is 2.54. The molecule has 0 aliphatic heterocycles. The van der Waals surface area contributed by atoms with Crippen LogP contribution in [0.5, 0.6) is 0 Å². The quantitative estimate of drug-likeness (QED) is 0.894. The lowest BCUT2D eigenvalue weighted by molar-refractivity contribution is 0.496. The molecule has 2 rings (SSSR count). The van der Waals surface area contributed by atoms with E-state index in [2.05, 4.69) is 44.3 Å². The SMILES string of the molecule is CNC(c1cc(C)c(C)cc1C)c1cc(C)oc1C. The molecule has 0 aliphatic rings. The van der Waals surface area contributed by atoms with Crippen LogP contribution >= 0.6 is 0 Å². The van der Waals surface area contributed by atoms with Crippen molar-refractivity contribution in [3.05, 3.63) is 57.5 Å². The van der Waals surface area contributed by atoms with Crippen molar-refractivity contribution in [3.8, 4) is 0 Å². The lowest BCUT2D eigenvalue weighted by Gasteiger charge is -2.20. The third kappa shape index (κ3) is 2.59. The molecule has 0 amide bonds. The zero-order chi connectivity index (χ0) is 14.2. The first-order valence-electron chi connectivity index (χ1n) is 6.76. The number of aryl methyl sites for hydroxylation is 5. The highest BCUT2D eigenvalue weighted by Gasteiger charge is 2.19. The van der Waals surface area contributed by atoms with Gasteiger partial charge in [-0.3, -0.25) is 0 Å². The molecule has 0 aliphatic carbocycles. The molecule has 2 aromatic rings. The van der Waals surface area contributed by atoms with Crippen molar-refractivity contribution in [1.82, 2.24) is 5.32 Å². The molecule has 1 heterocycles. The van der Waals surface area contributed by atoms with E-state index in [9.17, 15) is 0 Å². The Morgan fingerprint density at radius 1 is 0.842 bits per heavy atom. The second kappa shape index (κ2) is 5.22. The zero-order valence-corrected chi connectivity index (χ0v) is 12.7. The van der Waals surface area contributed by atoms with Gasteiger partial charge in [-0.2, -0.15) is 0 Å². The average Bonchev–Trinajstić information content (AvgIpc) is 2.66. The topological polar surface area (TPSA) is 25.2 Å². The van der Waals surface area contributed by atoms with Crippen molar-refractivity contribution in [2.75, 3.05) is 7.05 Å². The van der Waals surface area contributed by atoms with Crippen LogP contribution < -0.4 is 5.32 Å². The number of hydrogen-bond acceptors (Lipinski definition) is 2. The van der Waals surface area contributed by atoms with Gasteiger partial charge in [0.2, 0.25) is 0 Å². The van der Waals surface area contributed by atoms with Crippen LogP contribution in [0.1, 0.15) is 45.4 Å². The first-order chi connectivity index (χ1) is 8.93. The number of nitrogens with one attached hydrogen (secondary N) is 1. The molecule has 102 valence electrons. The van der Waals surface area contributed by atoms with E-state index >= 15 is 0 Å². The largest absolute Gasteiger partial charge is 0.466 e. The molecule has 1 aromatic carbocycles. The second-order valence-corrected chi connectivity index (χ2v) is 5.38. The maximum Gasteiger partial charge on any atom is 0.106 e. The van der Waals surface area contributed by atoms with Gasteiger partial charge in [0.05, 0.1) is 6.04 Å². The van der Waals surface area contributed by atoms with Crippen molar-refractivity contribution in [2.24, 2.45) is 0 Å². The van der Waals surface area contributed by atoms with E-state index in [-0.39, 0.29) is 6.04 Å². The highest BCUT2D eigenvalue weighted by atomic mass is 16.3. The molecule has 1 N–H and O–H groups in total. The summed E-state index contributed by atoms with van der Waals surface area (Å²) in [6.07, 6.45) is 0. The van der Waals surface area contributed by atoms with Crippen molar-refractivity contribution in [1.29, 1.82) is 0 Å². The molecule has 0 radical (unpaired) electrons. The van der Waals surface area contributed by atoms with E-state index in [0.29, 0.717) is 0 Å². The highest BCUT2D eigenvalue weighted by molar-refractivity contribution is 5.43. The minimum Gasteiger partial charge on any atom is -0.466 e. The van der Waals surface area contributed by atoms with Crippen LogP contribution in [0.3, 0.4) is 0 Å². The third-order valence-electron chi connectivity index (χ3n) is 3.87. The number of hydrogen-bond donors (Lipinski definition) is 1. The fraction of sp³-hybridized carbons (Fsp3) is 0.412. The Hall–Kier alpha value is -1.54. The third-order valence-corrected chi connectivity index (χ3v) is 3.87. The monoisotopic (exact) mass is 257 g/mol. The van der Waals surface area contributed by atoms with Gasteiger partial charge in [-0.15, -0.1) is 0 Å². The number of rotatable bonds is 3. The minimum atomic E-state index is 0.191. The van der Waals surface area contributed by atoms with Gasteiger partial charge in [-0.25, -0.2) is 0 Å². The van der Waals surface area contributed by atoms with Crippen molar-refractivity contribution in [2.45, 2.75) is 40.7 Å². The van der Waals surface area contributed by atoms with Crippen LogP contribution in [0.25, 0.3) is 0 Å². The van der Waals surface area contributed by atoms with Crippen LogP contribution in [0.4, 0.5) is 0 Å². The van der Waals surface area contributed by atoms with Crippen LogP contribution in [0, 0.1) is 34.6 Å². The minimum absolute atomic E-state index is 0.191. The molecule has 0 spiro atoms. The standard InChI is InChI=1S/C17H23NO/c1-10-7-12(3)15(8-11(10)2)17(18-6)16-9-13(4)19-14(16)5/h7-9,17-18H,1-6H3.